The topological polar surface area (TPSA) is 170 Å². The fourth-order valence-electron chi connectivity index (χ4n) is 2.97. The zero-order chi connectivity index (χ0) is 19.1. The SMILES string of the molecule is NN=C(c1ccc2c(=O)[nH][nH]c(=O)c2c1)c1ccc2c(=O)[nH][nH]c(=O)c2c1. The van der Waals surface area contributed by atoms with E-state index in [4.69, 9.17) is 5.84 Å². The average Bonchev–Trinajstić information content (AvgIpc) is 2.68. The molecule has 27 heavy (non-hydrogen) atoms. The summed E-state index contributed by atoms with van der Waals surface area (Å²) in [5.41, 5.74) is -0.562. The van der Waals surface area contributed by atoms with Gasteiger partial charge in [0.2, 0.25) is 0 Å². The standard InChI is InChI=1S/C17H12N6O4/c18-19-13(7-1-3-9-11(5-7)16(26)22-20-14(9)24)8-2-4-10-12(6-8)17(27)23-21-15(10)25/h1-6H,18H2,(H,20,24)(H,21,25)(H,22,26)(H,23,27). The van der Waals surface area contributed by atoms with E-state index >= 15 is 0 Å². The smallest absolute Gasteiger partial charge is 0.270 e. The number of rotatable bonds is 2. The van der Waals surface area contributed by atoms with Crippen LogP contribution in [0.4, 0.5) is 0 Å². The molecule has 0 amide bonds. The Bertz CT molecular complexity index is 1360. The summed E-state index contributed by atoms with van der Waals surface area (Å²) in [6.45, 7) is 0. The first-order chi connectivity index (χ1) is 13.0. The van der Waals surface area contributed by atoms with Gasteiger partial charge in [0.1, 0.15) is 0 Å². The van der Waals surface area contributed by atoms with E-state index in [0.29, 0.717) is 11.1 Å². The Morgan fingerprint density at radius 2 is 1.00 bits per heavy atom. The summed E-state index contributed by atoms with van der Waals surface area (Å²) in [5, 5.41) is 13.6. The molecule has 2 aromatic carbocycles. The molecule has 4 aromatic rings. The van der Waals surface area contributed by atoms with E-state index in [1.165, 1.54) is 24.3 Å². The van der Waals surface area contributed by atoms with Crippen molar-refractivity contribution in [3.05, 3.63) is 88.9 Å². The molecule has 0 bridgehead atoms. The van der Waals surface area contributed by atoms with E-state index in [-0.39, 0.29) is 27.3 Å². The van der Waals surface area contributed by atoms with Gasteiger partial charge < -0.3 is 5.84 Å². The number of H-pyrrole nitrogens is 4. The third-order valence-electron chi connectivity index (χ3n) is 4.27. The first kappa shape index (κ1) is 16.3. The van der Waals surface area contributed by atoms with Crippen molar-refractivity contribution in [2.75, 3.05) is 0 Å². The first-order valence-electron chi connectivity index (χ1n) is 7.77. The molecule has 2 aromatic heterocycles. The second-order valence-corrected chi connectivity index (χ2v) is 5.81. The van der Waals surface area contributed by atoms with Gasteiger partial charge in [0.25, 0.3) is 22.2 Å². The van der Waals surface area contributed by atoms with Crippen LogP contribution in [0.25, 0.3) is 21.5 Å². The molecule has 0 atom stereocenters. The molecule has 0 saturated heterocycles. The van der Waals surface area contributed by atoms with Crippen LogP contribution >= 0.6 is 0 Å². The molecule has 0 saturated carbocycles. The minimum Gasteiger partial charge on any atom is -0.323 e. The normalized spacial score (nSPS) is 11.0. The first-order valence-corrected chi connectivity index (χ1v) is 7.77. The summed E-state index contributed by atoms with van der Waals surface area (Å²) < 4.78 is 0. The zero-order valence-electron chi connectivity index (χ0n) is 13.6. The average molecular weight is 364 g/mol. The highest BCUT2D eigenvalue weighted by Gasteiger charge is 2.13. The second kappa shape index (κ2) is 5.95. The highest BCUT2D eigenvalue weighted by Crippen LogP contribution is 2.16. The molecule has 0 unspecified atom stereocenters. The fraction of sp³-hybridized carbons (Fsp3) is 0. The van der Waals surface area contributed by atoms with Crippen LogP contribution in [0.1, 0.15) is 11.1 Å². The van der Waals surface area contributed by atoms with Crippen molar-refractivity contribution >= 4 is 27.3 Å². The lowest BCUT2D eigenvalue weighted by molar-refractivity contribution is 0.976. The van der Waals surface area contributed by atoms with Crippen LogP contribution in [-0.2, 0) is 0 Å². The minimum atomic E-state index is -0.468. The molecule has 2 heterocycles. The van der Waals surface area contributed by atoms with Crippen LogP contribution in [0.2, 0.25) is 0 Å². The number of benzene rings is 2. The van der Waals surface area contributed by atoms with Crippen molar-refractivity contribution in [3.8, 4) is 0 Å². The second-order valence-electron chi connectivity index (χ2n) is 5.81. The molecule has 6 N–H and O–H groups in total. The number of aromatic amines is 4. The third kappa shape index (κ3) is 2.56. The number of hydrogen-bond donors (Lipinski definition) is 5. The summed E-state index contributed by atoms with van der Waals surface area (Å²) in [5.74, 6) is 5.54. The van der Waals surface area contributed by atoms with E-state index in [9.17, 15) is 19.2 Å². The predicted octanol–water partition coefficient (Wildman–Crippen LogP) is -0.543. The lowest BCUT2D eigenvalue weighted by Gasteiger charge is -2.08. The Hall–Kier alpha value is -4.21. The number of aromatic nitrogens is 4. The molecule has 0 aliphatic rings. The Morgan fingerprint density at radius 1 is 0.630 bits per heavy atom. The van der Waals surface area contributed by atoms with Crippen LogP contribution in [0.5, 0.6) is 0 Å². The van der Waals surface area contributed by atoms with E-state index in [1.54, 1.807) is 12.1 Å². The number of nitrogens with zero attached hydrogens (tertiary/aromatic N) is 1. The zero-order valence-corrected chi connectivity index (χ0v) is 13.6. The highest BCUT2D eigenvalue weighted by atomic mass is 16.2. The Morgan fingerprint density at radius 3 is 1.37 bits per heavy atom. The number of nitrogens with two attached hydrogens (primary N) is 1. The van der Waals surface area contributed by atoms with Crippen LogP contribution in [-0.4, -0.2) is 26.1 Å². The molecule has 4 rings (SSSR count). The summed E-state index contributed by atoms with van der Waals surface area (Å²) in [7, 11) is 0. The van der Waals surface area contributed by atoms with Crippen LogP contribution < -0.4 is 28.1 Å². The fourth-order valence-corrected chi connectivity index (χ4v) is 2.97. The Kier molecular flexibility index (Phi) is 3.58. The molecule has 0 aliphatic heterocycles. The number of hydrazone groups is 1. The summed E-state index contributed by atoms with van der Waals surface area (Å²) in [4.78, 5) is 47.6. The van der Waals surface area contributed by atoms with Gasteiger partial charge in [-0.2, -0.15) is 5.10 Å². The van der Waals surface area contributed by atoms with Gasteiger partial charge >= 0.3 is 0 Å². The lowest BCUT2D eigenvalue weighted by atomic mass is 9.98. The van der Waals surface area contributed by atoms with Crippen molar-refractivity contribution in [3.63, 3.8) is 0 Å². The maximum atomic E-state index is 12.0. The van der Waals surface area contributed by atoms with Gasteiger partial charge in [0.15, 0.2) is 0 Å². The molecule has 134 valence electrons. The minimum absolute atomic E-state index is 0.174. The molecule has 0 spiro atoms. The van der Waals surface area contributed by atoms with E-state index in [2.05, 4.69) is 25.5 Å². The van der Waals surface area contributed by atoms with E-state index in [1.807, 2.05) is 0 Å². The van der Waals surface area contributed by atoms with Gasteiger partial charge in [-0.15, -0.1) is 0 Å². The monoisotopic (exact) mass is 364 g/mol. The molecule has 0 radical (unpaired) electrons. The third-order valence-corrected chi connectivity index (χ3v) is 4.27. The number of fused-ring (bicyclic) bond motifs is 2. The van der Waals surface area contributed by atoms with E-state index in [0.717, 1.165) is 0 Å². The molecular weight excluding hydrogens is 352 g/mol. The number of nitrogens with one attached hydrogen (secondary N) is 4. The van der Waals surface area contributed by atoms with Gasteiger partial charge in [-0.3, -0.25) is 39.6 Å². The Balaban J connectivity index is 1.96. The van der Waals surface area contributed by atoms with Gasteiger partial charge in [-0.1, -0.05) is 12.1 Å². The van der Waals surface area contributed by atoms with Crippen molar-refractivity contribution in [1.82, 2.24) is 20.4 Å². The molecule has 0 fully saturated rings. The maximum Gasteiger partial charge on any atom is 0.270 e. The molecule has 0 aliphatic carbocycles. The van der Waals surface area contributed by atoms with Crippen LogP contribution in [0.3, 0.4) is 0 Å². The summed E-state index contributed by atoms with van der Waals surface area (Å²) in [6.07, 6.45) is 0. The van der Waals surface area contributed by atoms with Crippen molar-refractivity contribution < 1.29 is 0 Å². The van der Waals surface area contributed by atoms with Gasteiger partial charge in [0.05, 0.1) is 27.3 Å². The summed E-state index contributed by atoms with van der Waals surface area (Å²) in [6, 6.07) is 9.14. The largest absolute Gasteiger partial charge is 0.323 e. The predicted molar refractivity (Wildman–Crippen MR) is 100 cm³/mol. The van der Waals surface area contributed by atoms with Crippen LogP contribution in [0, 0.1) is 0 Å². The highest BCUT2D eigenvalue weighted by molar-refractivity contribution is 6.15. The molecular formula is C17H12N6O4. The Labute approximate surface area is 148 Å². The van der Waals surface area contributed by atoms with E-state index < -0.39 is 22.2 Å². The van der Waals surface area contributed by atoms with Gasteiger partial charge in [0, 0.05) is 11.1 Å². The van der Waals surface area contributed by atoms with Crippen LogP contribution in [0.15, 0.2) is 60.7 Å². The summed E-state index contributed by atoms with van der Waals surface area (Å²) >= 11 is 0. The lowest BCUT2D eigenvalue weighted by Crippen LogP contribution is -2.20. The molecule has 10 nitrogen and oxygen atoms in total. The van der Waals surface area contributed by atoms with Crippen molar-refractivity contribution in [1.29, 1.82) is 0 Å². The van der Waals surface area contributed by atoms with Gasteiger partial charge in [-0.05, 0) is 24.3 Å². The van der Waals surface area contributed by atoms with Gasteiger partial charge in [-0.25, -0.2) is 0 Å². The van der Waals surface area contributed by atoms with Crippen molar-refractivity contribution in [2.24, 2.45) is 10.9 Å². The number of hydrogen-bond acceptors (Lipinski definition) is 6. The molecule has 10 heteroatoms. The maximum absolute atomic E-state index is 12.0. The quantitative estimate of drug-likeness (QED) is 0.182. The van der Waals surface area contributed by atoms with Crippen molar-refractivity contribution in [2.45, 2.75) is 0 Å².